The van der Waals surface area contributed by atoms with E-state index in [2.05, 4.69) is 26.0 Å². The third-order valence-corrected chi connectivity index (χ3v) is 6.00. The highest BCUT2D eigenvalue weighted by Crippen LogP contribution is 2.36. The quantitative estimate of drug-likeness (QED) is 0.489. The van der Waals surface area contributed by atoms with Crippen LogP contribution < -0.4 is 9.46 Å². The van der Waals surface area contributed by atoms with Gasteiger partial charge in [-0.25, -0.2) is 0 Å². The van der Waals surface area contributed by atoms with E-state index in [4.69, 9.17) is 9.47 Å². The molecule has 1 aliphatic rings. The number of nitrogens with zero attached hydrogens (tertiary/aromatic N) is 5. The maximum absolute atomic E-state index is 5.69. The fraction of sp³-hybridized carbons (Fsp3) is 0.286. The highest BCUT2D eigenvalue weighted by Gasteiger charge is 2.17. The lowest BCUT2D eigenvalue weighted by Crippen LogP contribution is -2.02. The standard InChI is InChI=1S/C21H22N6O2S/c1-26-21-14(10-23-26)4-7-19(28-2)20(21)25-30-15-5-6-17(22-11-15)16-12-24-27-8-3-9-29-13-18(16)27/h4-7,10-12,25H,3,8-9,13H2,1-2H3. The summed E-state index contributed by atoms with van der Waals surface area (Å²) in [5.41, 5.74) is 4.91. The number of anilines is 1. The molecule has 4 heterocycles. The Labute approximate surface area is 178 Å². The van der Waals surface area contributed by atoms with Gasteiger partial charge in [-0.05, 0) is 42.6 Å². The largest absolute Gasteiger partial charge is 0.494 e. The predicted octanol–water partition coefficient (Wildman–Crippen LogP) is 3.88. The highest BCUT2D eigenvalue weighted by atomic mass is 32.2. The van der Waals surface area contributed by atoms with Crippen LogP contribution in [0.5, 0.6) is 5.75 Å². The van der Waals surface area contributed by atoms with Crippen LogP contribution in [0.3, 0.4) is 0 Å². The van der Waals surface area contributed by atoms with Crippen molar-refractivity contribution in [3.05, 3.63) is 48.5 Å². The number of ether oxygens (including phenoxy) is 2. The van der Waals surface area contributed by atoms with Crippen LogP contribution in [0.15, 0.2) is 47.8 Å². The summed E-state index contributed by atoms with van der Waals surface area (Å²) >= 11 is 1.49. The topological polar surface area (TPSA) is 79.0 Å². The van der Waals surface area contributed by atoms with Gasteiger partial charge in [-0.15, -0.1) is 0 Å². The Bertz CT molecular complexity index is 1180. The molecule has 1 aliphatic heterocycles. The van der Waals surface area contributed by atoms with Crippen molar-refractivity contribution in [2.75, 3.05) is 18.4 Å². The van der Waals surface area contributed by atoms with Crippen molar-refractivity contribution in [2.45, 2.75) is 24.5 Å². The average molecular weight is 423 g/mol. The van der Waals surface area contributed by atoms with Gasteiger partial charge in [0.15, 0.2) is 0 Å². The molecule has 0 spiro atoms. The third kappa shape index (κ3) is 3.40. The van der Waals surface area contributed by atoms with Crippen molar-refractivity contribution in [3.8, 4) is 17.0 Å². The van der Waals surface area contributed by atoms with Crippen LogP contribution in [0.25, 0.3) is 22.2 Å². The van der Waals surface area contributed by atoms with Gasteiger partial charge in [0, 0.05) is 42.2 Å². The van der Waals surface area contributed by atoms with E-state index < -0.39 is 0 Å². The molecule has 4 aromatic rings. The van der Waals surface area contributed by atoms with Gasteiger partial charge < -0.3 is 14.2 Å². The van der Waals surface area contributed by atoms with Crippen molar-refractivity contribution in [2.24, 2.45) is 7.05 Å². The summed E-state index contributed by atoms with van der Waals surface area (Å²) in [4.78, 5) is 5.66. The van der Waals surface area contributed by atoms with Crippen LogP contribution in [0.1, 0.15) is 12.1 Å². The van der Waals surface area contributed by atoms with Crippen LogP contribution in [0, 0.1) is 0 Å². The normalized spacial score (nSPS) is 13.8. The number of methoxy groups -OCH3 is 1. The van der Waals surface area contributed by atoms with Crippen LogP contribution >= 0.6 is 11.9 Å². The minimum Gasteiger partial charge on any atom is -0.494 e. The van der Waals surface area contributed by atoms with Crippen LogP contribution in [0.4, 0.5) is 5.69 Å². The molecule has 0 atom stereocenters. The second-order valence-corrected chi connectivity index (χ2v) is 7.95. The molecule has 9 heteroatoms. The summed E-state index contributed by atoms with van der Waals surface area (Å²) in [5.74, 6) is 0.769. The summed E-state index contributed by atoms with van der Waals surface area (Å²) in [6, 6.07) is 8.03. The first-order valence-electron chi connectivity index (χ1n) is 9.75. The van der Waals surface area contributed by atoms with Gasteiger partial charge in [-0.3, -0.25) is 14.3 Å². The second-order valence-electron chi connectivity index (χ2n) is 7.07. The molecule has 0 saturated carbocycles. The second kappa shape index (κ2) is 8.00. The Morgan fingerprint density at radius 2 is 2.07 bits per heavy atom. The van der Waals surface area contributed by atoms with Crippen molar-refractivity contribution in [1.29, 1.82) is 0 Å². The molecule has 5 rings (SSSR count). The maximum Gasteiger partial charge on any atom is 0.145 e. The summed E-state index contributed by atoms with van der Waals surface area (Å²) in [5, 5.41) is 9.90. The number of hydrogen-bond donors (Lipinski definition) is 1. The van der Waals surface area contributed by atoms with Gasteiger partial charge in [0.25, 0.3) is 0 Å². The Morgan fingerprint density at radius 1 is 1.13 bits per heavy atom. The fourth-order valence-corrected chi connectivity index (χ4v) is 4.34. The summed E-state index contributed by atoms with van der Waals surface area (Å²) < 4.78 is 18.5. The lowest BCUT2D eigenvalue weighted by atomic mass is 10.1. The van der Waals surface area contributed by atoms with E-state index in [0.717, 1.165) is 63.8 Å². The number of hydrogen-bond acceptors (Lipinski definition) is 7. The monoisotopic (exact) mass is 422 g/mol. The zero-order valence-electron chi connectivity index (χ0n) is 16.8. The number of nitrogens with one attached hydrogen (secondary N) is 1. The first-order valence-corrected chi connectivity index (χ1v) is 10.6. The van der Waals surface area contributed by atoms with E-state index in [1.807, 2.05) is 53.2 Å². The van der Waals surface area contributed by atoms with E-state index in [-0.39, 0.29) is 0 Å². The van der Waals surface area contributed by atoms with Gasteiger partial charge in [-0.1, -0.05) is 0 Å². The van der Waals surface area contributed by atoms with Crippen molar-refractivity contribution in [3.63, 3.8) is 0 Å². The number of fused-ring (bicyclic) bond motifs is 2. The number of pyridine rings is 1. The number of aromatic nitrogens is 5. The van der Waals surface area contributed by atoms with E-state index >= 15 is 0 Å². The molecule has 0 bridgehead atoms. The SMILES string of the molecule is COc1ccc2cnn(C)c2c1NSc1ccc(-c2cnn3c2COCCC3)nc1. The number of aryl methyl sites for hydroxylation is 2. The average Bonchev–Trinajstić information content (AvgIpc) is 3.27. The van der Waals surface area contributed by atoms with Crippen LogP contribution in [0.2, 0.25) is 0 Å². The molecular formula is C21H22N6O2S. The van der Waals surface area contributed by atoms with Crippen molar-refractivity contribution < 1.29 is 9.47 Å². The first-order chi connectivity index (χ1) is 14.7. The lowest BCUT2D eigenvalue weighted by Gasteiger charge is -2.12. The highest BCUT2D eigenvalue weighted by molar-refractivity contribution is 8.00. The molecule has 30 heavy (non-hydrogen) atoms. The smallest absolute Gasteiger partial charge is 0.145 e. The predicted molar refractivity (Wildman–Crippen MR) is 116 cm³/mol. The van der Waals surface area contributed by atoms with Gasteiger partial charge in [-0.2, -0.15) is 10.2 Å². The molecule has 0 saturated heterocycles. The van der Waals surface area contributed by atoms with E-state index in [0.29, 0.717) is 6.61 Å². The summed E-state index contributed by atoms with van der Waals surface area (Å²) in [7, 11) is 3.59. The van der Waals surface area contributed by atoms with E-state index in [1.54, 1.807) is 7.11 Å². The first kappa shape index (κ1) is 19.0. The van der Waals surface area contributed by atoms with Crippen molar-refractivity contribution in [1.82, 2.24) is 24.5 Å². The van der Waals surface area contributed by atoms with E-state index in [9.17, 15) is 0 Å². The van der Waals surface area contributed by atoms with Gasteiger partial charge in [0.2, 0.25) is 0 Å². The molecule has 154 valence electrons. The molecule has 0 aliphatic carbocycles. The van der Waals surface area contributed by atoms with E-state index in [1.165, 1.54) is 11.9 Å². The minimum atomic E-state index is 0.573. The van der Waals surface area contributed by atoms with Gasteiger partial charge >= 0.3 is 0 Å². The molecule has 0 radical (unpaired) electrons. The fourth-order valence-electron chi connectivity index (χ4n) is 3.68. The van der Waals surface area contributed by atoms with Gasteiger partial charge in [0.05, 0.1) is 43.0 Å². The minimum absolute atomic E-state index is 0.573. The summed E-state index contributed by atoms with van der Waals surface area (Å²) in [6.45, 7) is 2.22. The Morgan fingerprint density at radius 3 is 2.90 bits per heavy atom. The Balaban J connectivity index is 1.37. The Kier molecular flexibility index (Phi) is 5.06. The van der Waals surface area contributed by atoms with Crippen LogP contribution in [-0.4, -0.2) is 38.3 Å². The molecule has 0 unspecified atom stereocenters. The molecule has 8 nitrogen and oxygen atoms in total. The number of benzene rings is 1. The molecule has 1 N–H and O–H groups in total. The molecule has 1 aromatic carbocycles. The molecule has 3 aromatic heterocycles. The number of rotatable bonds is 5. The van der Waals surface area contributed by atoms with Crippen LogP contribution in [-0.2, 0) is 24.9 Å². The molecular weight excluding hydrogens is 400 g/mol. The zero-order chi connectivity index (χ0) is 20.5. The maximum atomic E-state index is 5.69. The zero-order valence-corrected chi connectivity index (χ0v) is 17.6. The lowest BCUT2D eigenvalue weighted by molar-refractivity contribution is 0.125. The van der Waals surface area contributed by atoms with Crippen molar-refractivity contribution >= 4 is 28.5 Å². The molecule has 0 amide bonds. The van der Waals surface area contributed by atoms with Gasteiger partial charge in [0.1, 0.15) is 11.4 Å². The molecule has 0 fully saturated rings. The summed E-state index contributed by atoms with van der Waals surface area (Å²) in [6.07, 6.45) is 6.57. The Hall–Kier alpha value is -3.04. The third-order valence-electron chi connectivity index (χ3n) is 5.21.